The molecule has 3 heteroatoms. The van der Waals surface area contributed by atoms with Crippen molar-refractivity contribution in [2.45, 2.75) is 51.7 Å². The minimum Gasteiger partial charge on any atom is -0.375 e. The first-order valence-corrected chi connectivity index (χ1v) is 8.16. The van der Waals surface area contributed by atoms with Crippen molar-refractivity contribution in [2.75, 3.05) is 13.1 Å². The number of nitrogens with one attached hydrogen (secondary N) is 1. The van der Waals surface area contributed by atoms with Crippen molar-refractivity contribution >= 4 is 11.6 Å². The Morgan fingerprint density at radius 3 is 2.80 bits per heavy atom. The van der Waals surface area contributed by atoms with E-state index in [2.05, 4.69) is 31.3 Å². The number of ether oxygens (including phenoxy) is 1. The van der Waals surface area contributed by atoms with Gasteiger partial charge in [-0.25, -0.2) is 0 Å². The fraction of sp³-hybridized carbons (Fsp3) is 0.647. The summed E-state index contributed by atoms with van der Waals surface area (Å²) >= 11 is 6.29. The van der Waals surface area contributed by atoms with Crippen LogP contribution >= 0.6 is 11.6 Å². The lowest BCUT2D eigenvalue weighted by atomic mass is 9.92. The molecule has 1 aromatic carbocycles. The van der Waals surface area contributed by atoms with Crippen molar-refractivity contribution in [2.24, 2.45) is 5.92 Å². The van der Waals surface area contributed by atoms with Gasteiger partial charge in [0.15, 0.2) is 0 Å². The summed E-state index contributed by atoms with van der Waals surface area (Å²) in [4.78, 5) is 0. The standard InChI is InChI=1S/C17H26ClNO/c1-3-19-12-14(11-16-9-8-13(2)20-16)10-15-6-4-5-7-17(15)18/h4-7,13-14,16,19H,3,8-12H2,1-2H3. The zero-order valence-corrected chi connectivity index (χ0v) is 13.3. The molecule has 1 aromatic rings. The fourth-order valence-electron chi connectivity index (χ4n) is 2.99. The monoisotopic (exact) mass is 295 g/mol. The first-order valence-electron chi connectivity index (χ1n) is 7.78. The van der Waals surface area contributed by atoms with Crippen molar-refractivity contribution < 1.29 is 4.74 Å². The van der Waals surface area contributed by atoms with Crippen LogP contribution in [0.2, 0.25) is 5.02 Å². The zero-order valence-electron chi connectivity index (χ0n) is 12.6. The molecule has 3 atom stereocenters. The largest absolute Gasteiger partial charge is 0.375 e. The first kappa shape index (κ1) is 15.8. The molecule has 2 rings (SSSR count). The highest BCUT2D eigenvalue weighted by molar-refractivity contribution is 6.31. The minimum atomic E-state index is 0.427. The van der Waals surface area contributed by atoms with E-state index in [9.17, 15) is 0 Å². The molecule has 0 radical (unpaired) electrons. The highest BCUT2D eigenvalue weighted by Crippen LogP contribution is 2.27. The van der Waals surface area contributed by atoms with Crippen LogP contribution in [0.5, 0.6) is 0 Å². The third-order valence-corrected chi connectivity index (χ3v) is 4.43. The highest BCUT2D eigenvalue weighted by atomic mass is 35.5. The summed E-state index contributed by atoms with van der Waals surface area (Å²) in [6, 6.07) is 8.18. The van der Waals surface area contributed by atoms with Crippen LogP contribution in [-0.4, -0.2) is 25.3 Å². The number of hydrogen-bond acceptors (Lipinski definition) is 2. The number of rotatable bonds is 7. The maximum atomic E-state index is 6.29. The van der Waals surface area contributed by atoms with E-state index >= 15 is 0 Å². The van der Waals surface area contributed by atoms with Gasteiger partial charge < -0.3 is 10.1 Å². The van der Waals surface area contributed by atoms with Gasteiger partial charge in [0.05, 0.1) is 12.2 Å². The predicted octanol–water partition coefficient (Wildman–Crippen LogP) is 4.07. The SMILES string of the molecule is CCNCC(Cc1ccccc1Cl)CC1CCC(C)O1. The predicted molar refractivity (Wildman–Crippen MR) is 85.4 cm³/mol. The second-order valence-corrected chi connectivity index (χ2v) is 6.26. The molecule has 1 aliphatic rings. The van der Waals surface area contributed by atoms with Crippen molar-refractivity contribution in [1.29, 1.82) is 0 Å². The van der Waals surface area contributed by atoms with Crippen LogP contribution in [0.1, 0.15) is 38.7 Å². The molecule has 3 unspecified atom stereocenters. The molecule has 1 N–H and O–H groups in total. The molecule has 1 heterocycles. The number of hydrogen-bond donors (Lipinski definition) is 1. The van der Waals surface area contributed by atoms with Gasteiger partial charge in [0.1, 0.15) is 0 Å². The Balaban J connectivity index is 1.94. The second kappa shape index (κ2) is 8.02. The molecule has 1 saturated heterocycles. The molecule has 0 aromatic heterocycles. The maximum absolute atomic E-state index is 6.29. The van der Waals surface area contributed by atoms with E-state index in [-0.39, 0.29) is 0 Å². The van der Waals surface area contributed by atoms with E-state index in [4.69, 9.17) is 16.3 Å². The van der Waals surface area contributed by atoms with Gasteiger partial charge in [-0.1, -0.05) is 36.7 Å². The lowest BCUT2D eigenvalue weighted by Gasteiger charge is -2.21. The normalized spacial score (nSPS) is 23.9. The van der Waals surface area contributed by atoms with Crippen LogP contribution in [0.25, 0.3) is 0 Å². The van der Waals surface area contributed by atoms with Gasteiger partial charge in [0.25, 0.3) is 0 Å². The van der Waals surface area contributed by atoms with Gasteiger partial charge in [0.2, 0.25) is 0 Å². The summed E-state index contributed by atoms with van der Waals surface area (Å²) in [5, 5.41) is 4.36. The Morgan fingerprint density at radius 1 is 1.35 bits per heavy atom. The van der Waals surface area contributed by atoms with Gasteiger partial charge in [-0.2, -0.15) is 0 Å². The molecule has 20 heavy (non-hydrogen) atoms. The topological polar surface area (TPSA) is 21.3 Å². The van der Waals surface area contributed by atoms with Crippen LogP contribution in [0, 0.1) is 5.92 Å². The van der Waals surface area contributed by atoms with Crippen molar-refractivity contribution in [3.05, 3.63) is 34.9 Å². The fourth-order valence-corrected chi connectivity index (χ4v) is 3.21. The van der Waals surface area contributed by atoms with Crippen LogP contribution < -0.4 is 5.32 Å². The average molecular weight is 296 g/mol. The van der Waals surface area contributed by atoms with Gasteiger partial charge >= 0.3 is 0 Å². The van der Waals surface area contributed by atoms with E-state index < -0.39 is 0 Å². The summed E-state index contributed by atoms with van der Waals surface area (Å²) in [7, 11) is 0. The van der Waals surface area contributed by atoms with E-state index in [1.54, 1.807) is 0 Å². The molecule has 1 fully saturated rings. The molecule has 0 aliphatic carbocycles. The maximum Gasteiger partial charge on any atom is 0.0583 e. The minimum absolute atomic E-state index is 0.427. The third-order valence-electron chi connectivity index (χ3n) is 4.07. The summed E-state index contributed by atoms with van der Waals surface area (Å²) in [6.07, 6.45) is 5.41. The number of halogens is 1. The Bertz CT molecular complexity index is 410. The smallest absolute Gasteiger partial charge is 0.0583 e. The molecular weight excluding hydrogens is 270 g/mol. The summed E-state index contributed by atoms with van der Waals surface area (Å²) < 4.78 is 5.98. The number of benzene rings is 1. The van der Waals surface area contributed by atoms with Crippen molar-refractivity contribution in [1.82, 2.24) is 5.32 Å². The molecular formula is C17H26ClNO. The molecule has 0 amide bonds. The molecule has 112 valence electrons. The Kier molecular flexibility index (Phi) is 6.34. The average Bonchev–Trinajstić information content (AvgIpc) is 2.84. The summed E-state index contributed by atoms with van der Waals surface area (Å²) in [5.74, 6) is 0.588. The lowest BCUT2D eigenvalue weighted by Crippen LogP contribution is -2.27. The Morgan fingerprint density at radius 2 is 2.15 bits per heavy atom. The molecule has 0 spiro atoms. The van der Waals surface area contributed by atoms with Crippen LogP contribution in [0.3, 0.4) is 0 Å². The van der Waals surface area contributed by atoms with Crippen molar-refractivity contribution in [3.63, 3.8) is 0 Å². The molecule has 0 bridgehead atoms. The van der Waals surface area contributed by atoms with Crippen molar-refractivity contribution in [3.8, 4) is 0 Å². The van der Waals surface area contributed by atoms with Crippen LogP contribution in [-0.2, 0) is 11.2 Å². The second-order valence-electron chi connectivity index (χ2n) is 5.85. The lowest BCUT2D eigenvalue weighted by molar-refractivity contribution is 0.0408. The van der Waals surface area contributed by atoms with Gasteiger partial charge in [-0.05, 0) is 63.2 Å². The van der Waals surface area contributed by atoms with E-state index in [1.165, 1.54) is 18.4 Å². The van der Waals surface area contributed by atoms with E-state index in [0.29, 0.717) is 18.1 Å². The Labute approximate surface area is 127 Å². The third kappa shape index (κ3) is 4.76. The highest BCUT2D eigenvalue weighted by Gasteiger charge is 2.25. The van der Waals surface area contributed by atoms with E-state index in [0.717, 1.165) is 31.0 Å². The van der Waals surface area contributed by atoms with Gasteiger partial charge in [-0.3, -0.25) is 0 Å². The molecule has 1 aliphatic heterocycles. The summed E-state index contributed by atoms with van der Waals surface area (Å²) in [5.41, 5.74) is 1.25. The van der Waals surface area contributed by atoms with Gasteiger partial charge in [-0.15, -0.1) is 0 Å². The first-order chi connectivity index (χ1) is 9.69. The Hall–Kier alpha value is -0.570. The van der Waals surface area contributed by atoms with Crippen LogP contribution in [0.4, 0.5) is 0 Å². The van der Waals surface area contributed by atoms with Crippen LogP contribution in [0.15, 0.2) is 24.3 Å². The van der Waals surface area contributed by atoms with Gasteiger partial charge in [0, 0.05) is 5.02 Å². The molecule has 2 nitrogen and oxygen atoms in total. The quantitative estimate of drug-likeness (QED) is 0.819. The van der Waals surface area contributed by atoms with E-state index in [1.807, 2.05) is 12.1 Å². The summed E-state index contributed by atoms with van der Waals surface area (Å²) in [6.45, 7) is 6.38. The zero-order chi connectivity index (χ0) is 14.4. The molecule has 0 saturated carbocycles.